The van der Waals surface area contributed by atoms with Crippen LogP contribution in [0.4, 0.5) is 4.39 Å². The van der Waals surface area contributed by atoms with E-state index in [1.54, 1.807) is 4.72 Å². The van der Waals surface area contributed by atoms with Crippen LogP contribution < -0.4 is 4.72 Å². The van der Waals surface area contributed by atoms with E-state index in [-0.39, 0.29) is 6.61 Å². The van der Waals surface area contributed by atoms with Gasteiger partial charge in [-0.3, -0.25) is 4.79 Å². The molecule has 1 atom stereocenters. The smallest absolute Gasteiger partial charge is 0.324 e. The van der Waals surface area contributed by atoms with Gasteiger partial charge in [0.2, 0.25) is 5.03 Å². The second kappa shape index (κ2) is 5.85. The van der Waals surface area contributed by atoms with Crippen LogP contribution in [0.15, 0.2) is 23.4 Å². The van der Waals surface area contributed by atoms with Crippen molar-refractivity contribution in [1.29, 1.82) is 0 Å². The lowest BCUT2D eigenvalue weighted by Gasteiger charge is -2.13. The molecule has 0 aliphatic rings. The largest absolute Gasteiger partial charge is 0.480 e. The van der Waals surface area contributed by atoms with E-state index in [0.717, 1.165) is 12.3 Å². The monoisotopic (exact) mass is 278 g/mol. The van der Waals surface area contributed by atoms with Gasteiger partial charge in [0.15, 0.2) is 5.82 Å². The van der Waals surface area contributed by atoms with Gasteiger partial charge in [-0.05, 0) is 12.1 Å². The molecular weight excluding hydrogens is 267 g/mol. The predicted octanol–water partition coefficient (Wildman–Crippen LogP) is -0.401. The molecule has 1 rings (SSSR count). The summed E-state index contributed by atoms with van der Waals surface area (Å²) in [5.74, 6) is -2.50. The minimum absolute atomic E-state index is 0.386. The molecule has 100 valence electrons. The van der Waals surface area contributed by atoms with Crippen LogP contribution >= 0.6 is 0 Å². The number of hydrogen-bond donors (Lipinski definition) is 2. The topological polar surface area (TPSA) is 106 Å². The van der Waals surface area contributed by atoms with E-state index in [1.165, 1.54) is 13.2 Å². The summed E-state index contributed by atoms with van der Waals surface area (Å²) in [6.45, 7) is -0.386. The molecule has 0 aliphatic carbocycles. The molecule has 2 N–H and O–H groups in total. The number of aromatic nitrogens is 1. The predicted molar refractivity (Wildman–Crippen MR) is 57.8 cm³/mol. The number of ether oxygens (including phenoxy) is 1. The van der Waals surface area contributed by atoms with Crippen molar-refractivity contribution >= 4 is 16.0 Å². The highest BCUT2D eigenvalue weighted by molar-refractivity contribution is 7.89. The fourth-order valence-electron chi connectivity index (χ4n) is 1.13. The lowest BCUT2D eigenvalue weighted by atomic mass is 10.3. The Bertz CT molecular complexity index is 534. The summed E-state index contributed by atoms with van der Waals surface area (Å²) in [7, 11) is -3.14. The van der Waals surface area contributed by atoms with E-state index < -0.39 is 32.9 Å². The molecule has 0 spiro atoms. The third-order valence-electron chi connectivity index (χ3n) is 1.91. The fourth-order valence-corrected chi connectivity index (χ4v) is 2.31. The number of pyridine rings is 1. The normalized spacial score (nSPS) is 13.2. The lowest BCUT2D eigenvalue weighted by molar-refractivity contribution is -0.140. The molecule has 9 heteroatoms. The average Bonchev–Trinajstić information content (AvgIpc) is 2.28. The first-order chi connectivity index (χ1) is 8.38. The van der Waals surface area contributed by atoms with E-state index in [2.05, 4.69) is 9.72 Å². The Hall–Kier alpha value is -1.58. The number of sulfonamides is 1. The Kier molecular flexibility index (Phi) is 4.70. The maximum absolute atomic E-state index is 13.3. The van der Waals surface area contributed by atoms with Crippen molar-refractivity contribution in [2.45, 2.75) is 11.1 Å². The van der Waals surface area contributed by atoms with Crippen LogP contribution in [0.5, 0.6) is 0 Å². The number of nitrogens with one attached hydrogen (secondary N) is 1. The van der Waals surface area contributed by atoms with Gasteiger partial charge in [-0.2, -0.15) is 4.72 Å². The molecule has 0 bridgehead atoms. The number of rotatable bonds is 6. The van der Waals surface area contributed by atoms with Crippen LogP contribution in [-0.4, -0.2) is 44.2 Å². The van der Waals surface area contributed by atoms with E-state index in [4.69, 9.17) is 5.11 Å². The van der Waals surface area contributed by atoms with Gasteiger partial charge < -0.3 is 9.84 Å². The summed E-state index contributed by atoms with van der Waals surface area (Å²) < 4.78 is 43.0. The minimum Gasteiger partial charge on any atom is -0.480 e. The first kappa shape index (κ1) is 14.5. The Morgan fingerprint density at radius 2 is 2.33 bits per heavy atom. The number of halogens is 1. The molecule has 1 heterocycles. The zero-order chi connectivity index (χ0) is 13.8. The van der Waals surface area contributed by atoms with Gasteiger partial charge in [-0.15, -0.1) is 0 Å². The van der Waals surface area contributed by atoms with Crippen molar-refractivity contribution in [2.24, 2.45) is 0 Å². The molecule has 0 saturated heterocycles. The van der Waals surface area contributed by atoms with E-state index >= 15 is 0 Å². The quantitative estimate of drug-likeness (QED) is 0.733. The van der Waals surface area contributed by atoms with Crippen molar-refractivity contribution in [3.8, 4) is 0 Å². The number of aliphatic carboxylic acids is 1. The van der Waals surface area contributed by atoms with E-state index in [9.17, 15) is 17.6 Å². The van der Waals surface area contributed by atoms with Crippen molar-refractivity contribution in [1.82, 2.24) is 9.71 Å². The fraction of sp³-hybridized carbons (Fsp3) is 0.333. The molecular formula is C9H11FN2O5S. The highest BCUT2D eigenvalue weighted by Gasteiger charge is 2.28. The summed E-state index contributed by atoms with van der Waals surface area (Å²) in [4.78, 5) is 14.1. The summed E-state index contributed by atoms with van der Waals surface area (Å²) in [5, 5.41) is 7.91. The molecule has 0 saturated carbocycles. The molecule has 0 aromatic carbocycles. The maximum atomic E-state index is 13.3. The number of hydrogen-bond acceptors (Lipinski definition) is 5. The molecule has 7 nitrogen and oxygen atoms in total. The summed E-state index contributed by atoms with van der Waals surface area (Å²) in [6.07, 6.45) is 1.09. The highest BCUT2D eigenvalue weighted by Crippen LogP contribution is 2.10. The van der Waals surface area contributed by atoms with Gasteiger partial charge >= 0.3 is 5.97 Å². The van der Waals surface area contributed by atoms with Crippen molar-refractivity contribution in [3.63, 3.8) is 0 Å². The van der Waals surface area contributed by atoms with Gasteiger partial charge in [-0.25, -0.2) is 17.8 Å². The van der Waals surface area contributed by atoms with Crippen molar-refractivity contribution < 1.29 is 27.4 Å². The first-order valence-corrected chi connectivity index (χ1v) is 6.21. The Balaban J connectivity index is 3.01. The molecule has 1 unspecified atom stereocenters. The van der Waals surface area contributed by atoms with Gasteiger partial charge in [0.25, 0.3) is 10.0 Å². The number of carbonyl (C=O) groups is 1. The third kappa shape index (κ3) is 3.45. The third-order valence-corrected chi connectivity index (χ3v) is 3.31. The van der Waals surface area contributed by atoms with E-state index in [1.807, 2.05) is 0 Å². The zero-order valence-corrected chi connectivity index (χ0v) is 10.1. The zero-order valence-electron chi connectivity index (χ0n) is 9.33. The SMILES string of the molecule is COCC(NS(=O)(=O)c1ncccc1F)C(=O)O. The second-order valence-corrected chi connectivity index (χ2v) is 4.89. The lowest BCUT2D eigenvalue weighted by Crippen LogP contribution is -2.44. The van der Waals surface area contributed by atoms with Crippen LogP contribution in [0.1, 0.15) is 0 Å². The van der Waals surface area contributed by atoms with Gasteiger partial charge in [0, 0.05) is 13.3 Å². The van der Waals surface area contributed by atoms with Crippen LogP contribution in [0.25, 0.3) is 0 Å². The maximum Gasteiger partial charge on any atom is 0.324 e. The van der Waals surface area contributed by atoms with Crippen LogP contribution in [0, 0.1) is 5.82 Å². The van der Waals surface area contributed by atoms with Gasteiger partial charge in [0.1, 0.15) is 6.04 Å². The molecule has 0 fully saturated rings. The summed E-state index contributed by atoms with van der Waals surface area (Å²) in [5.41, 5.74) is 0. The molecule has 0 amide bonds. The molecule has 1 aromatic rings. The van der Waals surface area contributed by atoms with E-state index in [0.29, 0.717) is 0 Å². The average molecular weight is 278 g/mol. The van der Waals surface area contributed by atoms with Crippen LogP contribution in [0.2, 0.25) is 0 Å². The summed E-state index contributed by atoms with van der Waals surface area (Å²) in [6, 6.07) is 0.618. The molecule has 0 aliphatic heterocycles. The number of methoxy groups -OCH3 is 1. The Morgan fingerprint density at radius 1 is 1.67 bits per heavy atom. The second-order valence-electron chi connectivity index (χ2n) is 3.26. The number of carboxylic acids is 1. The van der Waals surface area contributed by atoms with Gasteiger partial charge in [-0.1, -0.05) is 0 Å². The first-order valence-electron chi connectivity index (χ1n) is 4.73. The Labute approximate surface area is 103 Å². The highest BCUT2D eigenvalue weighted by atomic mass is 32.2. The standard InChI is InChI=1S/C9H11FN2O5S/c1-17-5-7(9(13)14)12-18(15,16)8-6(10)3-2-4-11-8/h2-4,7,12H,5H2,1H3,(H,13,14). The minimum atomic E-state index is -4.35. The Morgan fingerprint density at radius 3 is 2.83 bits per heavy atom. The summed E-state index contributed by atoms with van der Waals surface area (Å²) >= 11 is 0. The van der Waals surface area contributed by atoms with Crippen LogP contribution in [0.3, 0.4) is 0 Å². The number of nitrogens with zero attached hydrogens (tertiary/aromatic N) is 1. The van der Waals surface area contributed by atoms with Crippen molar-refractivity contribution in [3.05, 3.63) is 24.1 Å². The van der Waals surface area contributed by atoms with Crippen molar-refractivity contribution in [2.75, 3.05) is 13.7 Å². The number of carboxylic acid groups (broad SMARTS) is 1. The van der Waals surface area contributed by atoms with Gasteiger partial charge in [0.05, 0.1) is 6.61 Å². The molecule has 18 heavy (non-hydrogen) atoms. The van der Waals surface area contributed by atoms with Crippen LogP contribution in [-0.2, 0) is 19.6 Å². The molecule has 1 aromatic heterocycles. The molecule has 0 radical (unpaired) electrons.